The van der Waals surface area contributed by atoms with E-state index in [1.165, 1.54) is 0 Å². The molecule has 0 aromatic heterocycles. The Hall–Kier alpha value is -0.210. The Bertz CT molecular complexity index is 488. The van der Waals surface area contributed by atoms with Crippen LogP contribution in [0.5, 0.6) is 0 Å². The van der Waals surface area contributed by atoms with Crippen molar-refractivity contribution in [2.45, 2.75) is 0 Å². The van der Waals surface area contributed by atoms with Gasteiger partial charge in [0.15, 0.2) is 0 Å². The van der Waals surface area contributed by atoms with Gasteiger partial charge in [0.05, 0.1) is 15.1 Å². The van der Waals surface area contributed by atoms with Gasteiger partial charge < -0.3 is 0 Å². The van der Waals surface area contributed by atoms with Crippen LogP contribution in [0.3, 0.4) is 0 Å². The quantitative estimate of drug-likeness (QED) is 0.592. The topological polar surface area (TPSA) is 0 Å². The van der Waals surface area contributed by atoms with Gasteiger partial charge in [0, 0.05) is 4.47 Å². The number of hydrogen-bond donors (Lipinski definition) is 0. The van der Waals surface area contributed by atoms with E-state index in [2.05, 4.69) is 15.9 Å². The molecule has 0 bridgehead atoms. The van der Waals surface area contributed by atoms with Crippen LogP contribution in [-0.2, 0) is 0 Å². The molecule has 0 fully saturated rings. The van der Waals surface area contributed by atoms with Gasteiger partial charge in [-0.1, -0.05) is 46.9 Å². The molecule has 16 heavy (non-hydrogen) atoms. The van der Waals surface area contributed by atoms with E-state index in [1.807, 2.05) is 30.3 Å². The molecule has 0 spiro atoms. The fourth-order valence-corrected chi connectivity index (χ4v) is 2.15. The fraction of sp³-hybridized carbons (Fsp3) is 0. The Kier molecular flexibility index (Phi) is 3.81. The first kappa shape index (κ1) is 12.3. The SMILES string of the molecule is Clc1ccc(-c2ccc(Cl)c(Br)c2)cc1Cl. The standard InChI is InChI=1S/C12H6BrCl3/c13-9-5-7(1-3-10(9)14)8-2-4-11(15)12(16)6-8/h1-6H. The third-order valence-corrected chi connectivity index (χ3v) is 4.13. The zero-order valence-corrected chi connectivity index (χ0v) is 11.8. The minimum Gasteiger partial charge on any atom is -0.0831 e. The maximum absolute atomic E-state index is 5.97. The number of rotatable bonds is 1. The Balaban J connectivity index is 2.50. The summed E-state index contributed by atoms with van der Waals surface area (Å²) in [7, 11) is 0. The predicted molar refractivity (Wildman–Crippen MR) is 74.6 cm³/mol. The zero-order chi connectivity index (χ0) is 11.7. The second-order valence-corrected chi connectivity index (χ2v) is 5.33. The van der Waals surface area contributed by atoms with Crippen LogP contribution in [0.2, 0.25) is 15.1 Å². The van der Waals surface area contributed by atoms with Crippen molar-refractivity contribution in [1.82, 2.24) is 0 Å². The molecule has 0 amide bonds. The molecular weight excluding hydrogens is 330 g/mol. The first-order valence-corrected chi connectivity index (χ1v) is 6.41. The third kappa shape index (κ3) is 2.54. The van der Waals surface area contributed by atoms with Gasteiger partial charge in [0.1, 0.15) is 0 Å². The van der Waals surface area contributed by atoms with Crippen LogP contribution in [-0.4, -0.2) is 0 Å². The molecule has 0 N–H and O–H groups in total. The molecule has 0 nitrogen and oxygen atoms in total. The lowest BCUT2D eigenvalue weighted by molar-refractivity contribution is 1.59. The lowest BCUT2D eigenvalue weighted by Crippen LogP contribution is -1.79. The van der Waals surface area contributed by atoms with Crippen LogP contribution < -0.4 is 0 Å². The largest absolute Gasteiger partial charge is 0.0831 e. The summed E-state index contributed by atoms with van der Waals surface area (Å²) in [6.45, 7) is 0. The molecule has 4 heteroatoms. The van der Waals surface area contributed by atoms with E-state index in [1.54, 1.807) is 6.07 Å². The second-order valence-electron chi connectivity index (χ2n) is 3.26. The number of hydrogen-bond acceptors (Lipinski definition) is 0. The molecule has 0 radical (unpaired) electrons. The Morgan fingerprint density at radius 2 is 1.25 bits per heavy atom. The van der Waals surface area contributed by atoms with Crippen molar-refractivity contribution in [2.75, 3.05) is 0 Å². The minimum atomic E-state index is 0.547. The molecule has 2 rings (SSSR count). The van der Waals surface area contributed by atoms with Crippen molar-refractivity contribution in [3.8, 4) is 11.1 Å². The van der Waals surface area contributed by atoms with Gasteiger partial charge in [-0.25, -0.2) is 0 Å². The van der Waals surface area contributed by atoms with E-state index >= 15 is 0 Å². The average molecular weight is 336 g/mol. The third-order valence-electron chi connectivity index (χ3n) is 2.17. The molecule has 0 unspecified atom stereocenters. The van der Waals surface area contributed by atoms with Crippen molar-refractivity contribution in [3.63, 3.8) is 0 Å². The van der Waals surface area contributed by atoms with E-state index < -0.39 is 0 Å². The summed E-state index contributed by atoms with van der Waals surface area (Å²) in [5.74, 6) is 0. The molecule has 0 saturated carbocycles. The van der Waals surface area contributed by atoms with E-state index in [-0.39, 0.29) is 0 Å². The van der Waals surface area contributed by atoms with Crippen molar-refractivity contribution in [3.05, 3.63) is 55.9 Å². The Morgan fingerprint density at radius 3 is 1.81 bits per heavy atom. The second kappa shape index (κ2) is 4.97. The van der Waals surface area contributed by atoms with Crippen LogP contribution in [0.15, 0.2) is 40.9 Å². The van der Waals surface area contributed by atoms with Crippen molar-refractivity contribution >= 4 is 50.7 Å². The van der Waals surface area contributed by atoms with Crippen LogP contribution >= 0.6 is 50.7 Å². The average Bonchev–Trinajstić information content (AvgIpc) is 2.26. The number of halogens is 4. The molecule has 0 atom stereocenters. The molecule has 0 aliphatic heterocycles. The smallest absolute Gasteiger partial charge is 0.0598 e. The summed E-state index contributed by atoms with van der Waals surface area (Å²) < 4.78 is 0.859. The maximum Gasteiger partial charge on any atom is 0.0598 e. The van der Waals surface area contributed by atoms with Crippen molar-refractivity contribution in [1.29, 1.82) is 0 Å². The first-order valence-electron chi connectivity index (χ1n) is 4.48. The van der Waals surface area contributed by atoms with Gasteiger partial charge in [-0.05, 0) is 51.3 Å². The highest BCUT2D eigenvalue weighted by molar-refractivity contribution is 9.10. The van der Waals surface area contributed by atoms with Crippen LogP contribution in [0, 0.1) is 0 Å². The zero-order valence-electron chi connectivity index (χ0n) is 7.98. The van der Waals surface area contributed by atoms with E-state index in [4.69, 9.17) is 34.8 Å². The number of benzene rings is 2. The normalized spacial score (nSPS) is 10.5. The molecule has 0 heterocycles. The minimum absolute atomic E-state index is 0.547. The summed E-state index contributed by atoms with van der Waals surface area (Å²) in [4.78, 5) is 0. The molecule has 2 aromatic rings. The Labute approximate surface area is 117 Å². The van der Waals surface area contributed by atoms with E-state index in [0.29, 0.717) is 15.1 Å². The summed E-state index contributed by atoms with van der Waals surface area (Å²) in [6.07, 6.45) is 0. The molecule has 0 saturated heterocycles. The van der Waals surface area contributed by atoms with E-state index in [0.717, 1.165) is 15.6 Å². The van der Waals surface area contributed by atoms with Gasteiger partial charge in [-0.2, -0.15) is 0 Å². The first-order chi connectivity index (χ1) is 7.58. The summed E-state index contributed by atoms with van der Waals surface area (Å²) in [6, 6.07) is 11.3. The molecule has 0 aliphatic carbocycles. The highest BCUT2D eigenvalue weighted by Crippen LogP contribution is 2.32. The van der Waals surface area contributed by atoms with Crippen LogP contribution in [0.1, 0.15) is 0 Å². The fourth-order valence-electron chi connectivity index (χ4n) is 1.35. The Morgan fingerprint density at radius 1 is 0.688 bits per heavy atom. The maximum atomic E-state index is 5.97. The van der Waals surface area contributed by atoms with Gasteiger partial charge in [0.25, 0.3) is 0 Å². The van der Waals surface area contributed by atoms with Gasteiger partial charge in [-0.15, -0.1) is 0 Å². The van der Waals surface area contributed by atoms with Crippen LogP contribution in [0.4, 0.5) is 0 Å². The molecular formula is C12H6BrCl3. The highest BCUT2D eigenvalue weighted by Gasteiger charge is 2.04. The van der Waals surface area contributed by atoms with E-state index in [9.17, 15) is 0 Å². The van der Waals surface area contributed by atoms with Crippen molar-refractivity contribution in [2.24, 2.45) is 0 Å². The molecule has 0 aliphatic rings. The monoisotopic (exact) mass is 334 g/mol. The van der Waals surface area contributed by atoms with Crippen LogP contribution in [0.25, 0.3) is 11.1 Å². The predicted octanol–water partition coefficient (Wildman–Crippen LogP) is 6.08. The highest BCUT2D eigenvalue weighted by atomic mass is 79.9. The van der Waals surface area contributed by atoms with Crippen molar-refractivity contribution < 1.29 is 0 Å². The van der Waals surface area contributed by atoms with Gasteiger partial charge >= 0.3 is 0 Å². The molecule has 2 aromatic carbocycles. The lowest BCUT2D eigenvalue weighted by atomic mass is 10.1. The summed E-state index contributed by atoms with van der Waals surface area (Å²) in [5, 5.41) is 1.78. The molecule has 82 valence electrons. The summed E-state index contributed by atoms with van der Waals surface area (Å²) in [5.41, 5.74) is 2.04. The summed E-state index contributed by atoms with van der Waals surface area (Å²) >= 11 is 21.1. The van der Waals surface area contributed by atoms with Gasteiger partial charge in [0.2, 0.25) is 0 Å². The lowest BCUT2D eigenvalue weighted by Gasteiger charge is -2.05. The van der Waals surface area contributed by atoms with Gasteiger partial charge in [-0.3, -0.25) is 0 Å².